The second-order valence-corrected chi connectivity index (χ2v) is 7.75. The molecule has 2 aromatic heterocycles. The van der Waals surface area contributed by atoms with Gasteiger partial charge in [0.25, 0.3) is 5.56 Å². The maximum atomic E-state index is 12.9. The molecule has 0 saturated carbocycles. The molecule has 32 heavy (non-hydrogen) atoms. The van der Waals surface area contributed by atoms with E-state index < -0.39 is 0 Å². The van der Waals surface area contributed by atoms with Crippen LogP contribution in [0.4, 0.5) is 0 Å². The fourth-order valence-electron chi connectivity index (χ4n) is 3.12. The molecular formula is C24H23N3O4S. The largest absolute Gasteiger partial charge is 0.490 e. The predicted octanol–water partition coefficient (Wildman–Crippen LogP) is 3.73. The summed E-state index contributed by atoms with van der Waals surface area (Å²) in [6.45, 7) is 8.99. The Bertz CT molecular complexity index is 1340. The molecule has 7 nitrogen and oxygen atoms in total. The molecule has 2 heterocycles. The van der Waals surface area contributed by atoms with Crippen LogP contribution in [0.15, 0.2) is 59.9 Å². The van der Waals surface area contributed by atoms with Crippen LogP contribution in [0, 0.1) is 0 Å². The minimum Gasteiger partial charge on any atom is -0.490 e. The third-order valence-corrected chi connectivity index (χ3v) is 5.49. The Hall–Kier alpha value is -3.65. The number of ether oxygens (including phenoxy) is 3. The average Bonchev–Trinajstić information content (AvgIpc) is 3.34. The summed E-state index contributed by atoms with van der Waals surface area (Å²) in [6.07, 6.45) is 3.50. The molecule has 4 aromatic rings. The van der Waals surface area contributed by atoms with Crippen LogP contribution >= 0.6 is 11.3 Å². The molecule has 0 N–H and O–H groups in total. The Morgan fingerprint density at radius 2 is 1.78 bits per heavy atom. The normalized spacial score (nSPS) is 11.6. The van der Waals surface area contributed by atoms with Crippen LogP contribution in [0.5, 0.6) is 17.2 Å². The van der Waals surface area contributed by atoms with E-state index in [0.717, 1.165) is 16.9 Å². The van der Waals surface area contributed by atoms with Crippen LogP contribution < -0.4 is 24.3 Å². The second-order valence-electron chi connectivity index (χ2n) is 6.74. The van der Waals surface area contributed by atoms with Gasteiger partial charge in [-0.25, -0.2) is 0 Å². The highest BCUT2D eigenvalue weighted by molar-refractivity contribution is 7.15. The predicted molar refractivity (Wildman–Crippen MR) is 126 cm³/mol. The van der Waals surface area contributed by atoms with Crippen molar-refractivity contribution >= 4 is 22.4 Å². The monoisotopic (exact) mass is 449 g/mol. The van der Waals surface area contributed by atoms with Crippen LogP contribution in [0.25, 0.3) is 22.4 Å². The summed E-state index contributed by atoms with van der Waals surface area (Å²) in [7, 11) is 0. The van der Waals surface area contributed by atoms with Crippen molar-refractivity contribution < 1.29 is 14.2 Å². The highest BCUT2D eigenvalue weighted by Gasteiger charge is 2.13. The summed E-state index contributed by atoms with van der Waals surface area (Å²) in [5.74, 6) is 2.56. The number of hydrogen-bond acceptors (Lipinski definition) is 7. The molecule has 0 unspecified atom stereocenters. The van der Waals surface area contributed by atoms with Crippen LogP contribution in [0.3, 0.4) is 0 Å². The molecule has 0 radical (unpaired) electrons. The van der Waals surface area contributed by atoms with Gasteiger partial charge in [0.05, 0.1) is 17.7 Å². The van der Waals surface area contributed by atoms with Crippen molar-refractivity contribution in [3.8, 4) is 28.6 Å². The van der Waals surface area contributed by atoms with E-state index in [0.29, 0.717) is 46.6 Å². The zero-order chi connectivity index (χ0) is 22.5. The molecule has 0 atom stereocenters. The van der Waals surface area contributed by atoms with Gasteiger partial charge >= 0.3 is 0 Å². The summed E-state index contributed by atoms with van der Waals surface area (Å²) in [4.78, 5) is 18.0. The molecular weight excluding hydrogens is 426 g/mol. The summed E-state index contributed by atoms with van der Waals surface area (Å²) < 4.78 is 18.7. The van der Waals surface area contributed by atoms with E-state index in [1.54, 1.807) is 6.08 Å². The lowest BCUT2D eigenvalue weighted by molar-refractivity contribution is 0.287. The van der Waals surface area contributed by atoms with Gasteiger partial charge in [-0.05, 0) is 61.9 Å². The zero-order valence-corrected chi connectivity index (χ0v) is 18.7. The van der Waals surface area contributed by atoms with Crippen LogP contribution in [-0.4, -0.2) is 34.4 Å². The highest BCUT2D eigenvalue weighted by Crippen LogP contribution is 2.29. The lowest BCUT2D eigenvalue weighted by atomic mass is 10.2. The molecule has 0 saturated heterocycles. The van der Waals surface area contributed by atoms with E-state index in [1.165, 1.54) is 15.9 Å². The minimum absolute atomic E-state index is 0.207. The molecule has 0 aliphatic rings. The molecule has 8 heteroatoms. The number of aromatic nitrogens is 3. The topological polar surface area (TPSA) is 75.0 Å². The van der Waals surface area contributed by atoms with Crippen molar-refractivity contribution in [3.05, 3.63) is 75.6 Å². The number of nitrogens with zero attached hydrogens (tertiary/aromatic N) is 3. The molecule has 0 amide bonds. The Kier molecular flexibility index (Phi) is 6.51. The first kappa shape index (κ1) is 21.6. The quantitative estimate of drug-likeness (QED) is 0.363. The first-order valence-electron chi connectivity index (χ1n) is 10.3. The number of fused-ring (bicyclic) bond motifs is 1. The Morgan fingerprint density at radius 3 is 2.47 bits per heavy atom. The molecule has 4 rings (SSSR count). The van der Waals surface area contributed by atoms with Crippen molar-refractivity contribution in [1.82, 2.24) is 14.6 Å². The number of thiazole rings is 1. The van der Waals surface area contributed by atoms with E-state index in [1.807, 2.05) is 62.4 Å². The molecule has 0 bridgehead atoms. The molecule has 0 aliphatic carbocycles. The molecule has 164 valence electrons. The van der Waals surface area contributed by atoms with Crippen LogP contribution in [0.2, 0.25) is 0 Å². The van der Waals surface area contributed by atoms with Gasteiger partial charge in [-0.1, -0.05) is 30.1 Å². The number of benzene rings is 2. The van der Waals surface area contributed by atoms with Crippen LogP contribution in [-0.2, 0) is 0 Å². The lowest BCUT2D eigenvalue weighted by Crippen LogP contribution is -2.23. The Labute approximate surface area is 189 Å². The second kappa shape index (κ2) is 9.65. The third-order valence-electron chi connectivity index (χ3n) is 4.53. The van der Waals surface area contributed by atoms with Crippen molar-refractivity contribution in [2.24, 2.45) is 0 Å². The van der Waals surface area contributed by atoms with Gasteiger partial charge in [0.15, 0.2) is 17.3 Å². The van der Waals surface area contributed by atoms with E-state index in [2.05, 4.69) is 16.7 Å². The molecule has 2 aromatic carbocycles. The average molecular weight is 450 g/mol. The SMILES string of the molecule is C=CCOc1ccc(-c2nc3sc(=Cc4ccc(OCC)c(OCC)c4)c(=O)n3n2)cc1. The minimum atomic E-state index is -0.207. The smallest absolute Gasteiger partial charge is 0.291 e. The van der Waals surface area contributed by atoms with Gasteiger partial charge in [0.1, 0.15) is 12.4 Å². The van der Waals surface area contributed by atoms with E-state index in [9.17, 15) is 4.79 Å². The van der Waals surface area contributed by atoms with E-state index >= 15 is 0 Å². The van der Waals surface area contributed by atoms with Crippen molar-refractivity contribution in [2.45, 2.75) is 13.8 Å². The summed E-state index contributed by atoms with van der Waals surface area (Å²) in [5.41, 5.74) is 1.44. The highest BCUT2D eigenvalue weighted by atomic mass is 32.1. The van der Waals surface area contributed by atoms with Gasteiger partial charge in [-0.15, -0.1) is 5.10 Å². The summed E-state index contributed by atoms with van der Waals surface area (Å²) in [5, 5.41) is 4.40. The van der Waals surface area contributed by atoms with Crippen molar-refractivity contribution in [3.63, 3.8) is 0 Å². The maximum absolute atomic E-state index is 12.9. The van der Waals surface area contributed by atoms with E-state index in [-0.39, 0.29) is 5.56 Å². The fourth-order valence-corrected chi connectivity index (χ4v) is 4.03. The number of hydrogen-bond donors (Lipinski definition) is 0. The van der Waals surface area contributed by atoms with E-state index in [4.69, 9.17) is 14.2 Å². The Balaban J connectivity index is 1.64. The Morgan fingerprint density at radius 1 is 1.03 bits per heavy atom. The maximum Gasteiger partial charge on any atom is 0.291 e. The molecule has 0 fully saturated rings. The van der Waals surface area contributed by atoms with Gasteiger partial charge in [-0.2, -0.15) is 9.50 Å². The summed E-state index contributed by atoms with van der Waals surface area (Å²) in [6, 6.07) is 13.0. The van der Waals surface area contributed by atoms with Crippen LogP contribution in [0.1, 0.15) is 19.4 Å². The first-order valence-corrected chi connectivity index (χ1v) is 11.1. The summed E-state index contributed by atoms with van der Waals surface area (Å²) >= 11 is 1.30. The third kappa shape index (κ3) is 4.50. The van der Waals surface area contributed by atoms with Gasteiger partial charge in [-0.3, -0.25) is 4.79 Å². The van der Waals surface area contributed by atoms with Gasteiger partial charge in [0.2, 0.25) is 4.96 Å². The lowest BCUT2D eigenvalue weighted by Gasteiger charge is -2.11. The fraction of sp³-hybridized carbons (Fsp3) is 0.208. The standard InChI is InChI=1S/C24H23N3O4S/c1-4-13-31-18-10-8-17(9-11-18)22-25-24-27(26-22)23(28)21(32-24)15-16-7-12-19(29-5-2)20(14-16)30-6-3/h4,7-12,14-15H,1,5-6,13H2,2-3H3. The van der Waals surface area contributed by atoms with Crippen molar-refractivity contribution in [1.29, 1.82) is 0 Å². The number of rotatable bonds is 9. The molecule has 0 spiro atoms. The van der Waals surface area contributed by atoms with Gasteiger partial charge < -0.3 is 14.2 Å². The van der Waals surface area contributed by atoms with Crippen molar-refractivity contribution in [2.75, 3.05) is 19.8 Å². The molecule has 0 aliphatic heterocycles. The first-order chi connectivity index (χ1) is 15.6. The van der Waals surface area contributed by atoms with Gasteiger partial charge in [0, 0.05) is 5.56 Å². The zero-order valence-electron chi connectivity index (χ0n) is 17.9.